The van der Waals surface area contributed by atoms with E-state index in [0.29, 0.717) is 23.6 Å². The Labute approximate surface area is 169 Å². The molecule has 29 heavy (non-hydrogen) atoms. The number of hydrogen-bond donors (Lipinski definition) is 2. The number of aliphatic imine (C=N–C) groups is 1. The second-order valence-electron chi connectivity index (χ2n) is 6.18. The fourth-order valence-electron chi connectivity index (χ4n) is 2.58. The van der Waals surface area contributed by atoms with Crippen LogP contribution in [-0.4, -0.2) is 37.6 Å². The highest BCUT2D eigenvalue weighted by molar-refractivity contribution is 6.12. The molecule has 0 atom stereocenters. The maximum atomic E-state index is 12.3. The molecule has 0 saturated heterocycles. The number of amides is 2. The number of anilines is 1. The van der Waals surface area contributed by atoms with Crippen LogP contribution in [0.3, 0.4) is 0 Å². The van der Waals surface area contributed by atoms with Gasteiger partial charge in [0.2, 0.25) is 5.91 Å². The number of amidine groups is 1. The molecule has 0 bridgehead atoms. The summed E-state index contributed by atoms with van der Waals surface area (Å²) in [5.74, 6) is 0.316. The van der Waals surface area contributed by atoms with Crippen molar-refractivity contribution in [3.05, 3.63) is 59.7 Å². The van der Waals surface area contributed by atoms with E-state index in [1.807, 2.05) is 12.1 Å². The SMILES string of the molecule is CON=C(CC(=O)N=C(N)Cc1ccc(NC(C)=O)cc1)c1ccc(OC)cc1. The molecule has 2 amide bonds. The number of methoxy groups -OCH3 is 1. The van der Waals surface area contributed by atoms with Gasteiger partial charge in [0, 0.05) is 24.6 Å². The van der Waals surface area contributed by atoms with Crippen LogP contribution in [-0.2, 0) is 20.8 Å². The number of carbonyl (C=O) groups is 2. The van der Waals surface area contributed by atoms with Crippen molar-refractivity contribution in [3.8, 4) is 5.75 Å². The van der Waals surface area contributed by atoms with Crippen LogP contribution in [0.1, 0.15) is 24.5 Å². The lowest BCUT2D eigenvalue weighted by Crippen LogP contribution is -2.19. The molecule has 152 valence electrons. The first kappa shape index (κ1) is 21.6. The van der Waals surface area contributed by atoms with Gasteiger partial charge in [-0.05, 0) is 42.0 Å². The molecule has 0 aliphatic heterocycles. The first-order chi connectivity index (χ1) is 13.9. The maximum absolute atomic E-state index is 12.3. The number of nitrogens with zero attached hydrogens (tertiary/aromatic N) is 2. The molecule has 0 aliphatic rings. The standard InChI is InChI=1S/C21H24N4O4/c1-14(26)23-17-8-4-15(5-9-17)12-20(22)24-21(27)13-19(25-29-3)16-6-10-18(28-2)11-7-16/h4-11H,12-13H2,1-3H3,(H,23,26)(H2,22,24,27). The molecule has 2 aromatic carbocycles. The Hall–Kier alpha value is -3.68. The van der Waals surface area contributed by atoms with Gasteiger partial charge in [0.05, 0.1) is 19.2 Å². The van der Waals surface area contributed by atoms with Gasteiger partial charge in [0.15, 0.2) is 0 Å². The van der Waals surface area contributed by atoms with Crippen LogP contribution in [0.5, 0.6) is 5.75 Å². The highest BCUT2D eigenvalue weighted by Gasteiger charge is 2.12. The van der Waals surface area contributed by atoms with Crippen LogP contribution < -0.4 is 15.8 Å². The average Bonchev–Trinajstić information content (AvgIpc) is 2.68. The first-order valence-corrected chi connectivity index (χ1v) is 8.88. The molecule has 2 rings (SSSR count). The third kappa shape index (κ3) is 7.10. The third-order valence-corrected chi connectivity index (χ3v) is 3.87. The van der Waals surface area contributed by atoms with Crippen LogP contribution >= 0.6 is 0 Å². The van der Waals surface area contributed by atoms with Crippen molar-refractivity contribution in [1.82, 2.24) is 0 Å². The molecule has 3 N–H and O–H groups in total. The number of carbonyl (C=O) groups excluding carboxylic acids is 2. The highest BCUT2D eigenvalue weighted by atomic mass is 16.6. The molecule has 8 heteroatoms. The summed E-state index contributed by atoms with van der Waals surface area (Å²) in [4.78, 5) is 32.2. The topological polar surface area (TPSA) is 115 Å². The summed E-state index contributed by atoms with van der Waals surface area (Å²) in [7, 11) is 2.99. The van der Waals surface area contributed by atoms with Gasteiger partial charge in [-0.25, -0.2) is 4.99 Å². The maximum Gasteiger partial charge on any atom is 0.253 e. The van der Waals surface area contributed by atoms with E-state index in [2.05, 4.69) is 15.5 Å². The monoisotopic (exact) mass is 396 g/mol. The van der Waals surface area contributed by atoms with Crippen LogP contribution in [0.4, 0.5) is 5.69 Å². The largest absolute Gasteiger partial charge is 0.497 e. The van der Waals surface area contributed by atoms with Crippen molar-refractivity contribution in [1.29, 1.82) is 0 Å². The minimum atomic E-state index is -0.427. The van der Waals surface area contributed by atoms with Crippen LogP contribution in [0.2, 0.25) is 0 Å². The van der Waals surface area contributed by atoms with E-state index in [1.54, 1.807) is 43.5 Å². The summed E-state index contributed by atoms with van der Waals surface area (Å²) in [5.41, 5.74) is 8.65. The molecular weight excluding hydrogens is 372 g/mol. The molecular formula is C21H24N4O4. The molecule has 8 nitrogen and oxygen atoms in total. The summed E-state index contributed by atoms with van der Waals surface area (Å²) >= 11 is 0. The number of oxime groups is 1. The van der Waals surface area contributed by atoms with Crippen molar-refractivity contribution < 1.29 is 19.2 Å². The smallest absolute Gasteiger partial charge is 0.253 e. The number of rotatable bonds is 8. The van der Waals surface area contributed by atoms with Gasteiger partial charge in [-0.1, -0.05) is 17.3 Å². The average molecular weight is 396 g/mol. The Morgan fingerprint density at radius 3 is 2.24 bits per heavy atom. The zero-order valence-electron chi connectivity index (χ0n) is 16.6. The second kappa shape index (κ2) is 10.6. The highest BCUT2D eigenvalue weighted by Crippen LogP contribution is 2.14. The third-order valence-electron chi connectivity index (χ3n) is 3.87. The van der Waals surface area contributed by atoms with E-state index in [9.17, 15) is 9.59 Å². The molecule has 0 unspecified atom stereocenters. The van der Waals surface area contributed by atoms with Gasteiger partial charge in [-0.15, -0.1) is 0 Å². The second-order valence-corrected chi connectivity index (χ2v) is 6.18. The number of nitrogens with one attached hydrogen (secondary N) is 1. The zero-order valence-corrected chi connectivity index (χ0v) is 16.6. The molecule has 2 aromatic rings. The minimum absolute atomic E-state index is 0.0532. The van der Waals surface area contributed by atoms with Gasteiger partial charge in [0.1, 0.15) is 18.7 Å². The summed E-state index contributed by atoms with van der Waals surface area (Å²) in [6, 6.07) is 14.3. The van der Waals surface area contributed by atoms with Crippen LogP contribution in [0, 0.1) is 0 Å². The van der Waals surface area contributed by atoms with Crippen molar-refractivity contribution in [2.45, 2.75) is 19.8 Å². The van der Waals surface area contributed by atoms with Gasteiger partial charge in [-0.3, -0.25) is 9.59 Å². The van der Waals surface area contributed by atoms with Crippen molar-refractivity contribution in [3.63, 3.8) is 0 Å². The van der Waals surface area contributed by atoms with Gasteiger partial charge in [-0.2, -0.15) is 0 Å². The molecule has 0 spiro atoms. The lowest BCUT2D eigenvalue weighted by Gasteiger charge is -2.06. The van der Waals surface area contributed by atoms with E-state index in [-0.39, 0.29) is 18.2 Å². The number of hydrogen-bond acceptors (Lipinski definition) is 5. The lowest BCUT2D eigenvalue weighted by atomic mass is 10.1. The van der Waals surface area contributed by atoms with Crippen LogP contribution in [0.15, 0.2) is 58.7 Å². The van der Waals surface area contributed by atoms with Gasteiger partial charge >= 0.3 is 0 Å². The van der Waals surface area contributed by atoms with E-state index in [0.717, 1.165) is 11.1 Å². The fourth-order valence-corrected chi connectivity index (χ4v) is 2.58. The molecule has 0 radical (unpaired) electrons. The predicted molar refractivity (Wildman–Crippen MR) is 112 cm³/mol. The minimum Gasteiger partial charge on any atom is -0.497 e. The fraction of sp³-hybridized carbons (Fsp3) is 0.238. The van der Waals surface area contributed by atoms with E-state index < -0.39 is 5.91 Å². The van der Waals surface area contributed by atoms with E-state index >= 15 is 0 Å². The summed E-state index contributed by atoms with van der Waals surface area (Å²) in [6.07, 6.45) is 0.258. The Kier molecular flexibility index (Phi) is 7.90. The first-order valence-electron chi connectivity index (χ1n) is 8.88. The number of nitrogens with two attached hydrogens (primary N) is 1. The Morgan fingerprint density at radius 1 is 1.03 bits per heavy atom. The van der Waals surface area contributed by atoms with Crippen LogP contribution in [0.25, 0.3) is 0 Å². The molecule has 0 saturated carbocycles. The van der Waals surface area contributed by atoms with Crippen molar-refractivity contribution in [2.75, 3.05) is 19.5 Å². The Bertz CT molecular complexity index is 903. The molecule has 0 fully saturated rings. The Balaban J connectivity index is 2.02. The summed E-state index contributed by atoms with van der Waals surface area (Å²) < 4.78 is 5.13. The molecule has 0 heterocycles. The van der Waals surface area contributed by atoms with E-state index in [4.69, 9.17) is 15.3 Å². The number of benzene rings is 2. The normalized spacial score (nSPS) is 11.7. The quantitative estimate of drug-likeness (QED) is 0.404. The van der Waals surface area contributed by atoms with E-state index in [1.165, 1.54) is 14.0 Å². The summed E-state index contributed by atoms with van der Waals surface area (Å²) in [6.45, 7) is 1.44. The van der Waals surface area contributed by atoms with Gasteiger partial charge in [0.25, 0.3) is 5.91 Å². The predicted octanol–water partition coefficient (Wildman–Crippen LogP) is 2.52. The number of ether oxygens (including phenoxy) is 1. The Morgan fingerprint density at radius 2 is 1.69 bits per heavy atom. The van der Waals surface area contributed by atoms with Crippen molar-refractivity contribution in [2.24, 2.45) is 15.9 Å². The summed E-state index contributed by atoms with van der Waals surface area (Å²) in [5, 5.41) is 6.61. The zero-order chi connectivity index (χ0) is 21.2. The lowest BCUT2D eigenvalue weighted by molar-refractivity contribution is -0.116. The van der Waals surface area contributed by atoms with Gasteiger partial charge < -0.3 is 20.6 Å². The molecule has 0 aliphatic carbocycles. The van der Waals surface area contributed by atoms with Crippen molar-refractivity contribution >= 4 is 29.0 Å². The molecule has 0 aromatic heterocycles.